The molecule has 0 rings (SSSR count). The Morgan fingerprint density at radius 3 is 2.40 bits per heavy atom. The van der Waals surface area contributed by atoms with E-state index >= 15 is 0 Å². The molecule has 0 aliphatic heterocycles. The lowest BCUT2D eigenvalue weighted by molar-refractivity contribution is -0.147. The van der Waals surface area contributed by atoms with Crippen molar-refractivity contribution >= 4 is 5.97 Å². The second-order valence-corrected chi connectivity index (χ2v) is 5.58. The first-order chi connectivity index (χ1) is 12.2. The molecule has 4 heteroatoms. The van der Waals surface area contributed by atoms with Crippen LogP contribution in [0.4, 0.5) is 0 Å². The van der Waals surface area contributed by atoms with Gasteiger partial charge in [-0.3, -0.25) is 4.79 Å². The first-order valence-corrected chi connectivity index (χ1v) is 9.06. The average molecular weight is 348 g/mol. The number of esters is 1. The van der Waals surface area contributed by atoms with Crippen molar-refractivity contribution in [2.45, 2.75) is 64.4 Å². The van der Waals surface area contributed by atoms with Crippen LogP contribution in [0.15, 0.2) is 36.5 Å². The van der Waals surface area contributed by atoms with Crippen molar-refractivity contribution in [1.29, 1.82) is 0 Å². The zero-order valence-electron chi connectivity index (χ0n) is 15.3. The van der Waals surface area contributed by atoms with Gasteiger partial charge in [-0.15, -0.1) is 5.92 Å². The molecule has 140 valence electrons. The number of carbonyl (C=O) groups is 1. The summed E-state index contributed by atoms with van der Waals surface area (Å²) in [6.45, 7) is 1.58. The first-order valence-electron chi connectivity index (χ1n) is 9.06. The van der Waals surface area contributed by atoms with Gasteiger partial charge in [-0.05, 0) is 32.1 Å². The van der Waals surface area contributed by atoms with E-state index in [-0.39, 0.29) is 12.6 Å². The molecule has 0 amide bonds. The minimum atomic E-state index is -0.990. The zero-order valence-corrected chi connectivity index (χ0v) is 15.3. The molecule has 0 saturated heterocycles. The summed E-state index contributed by atoms with van der Waals surface area (Å²) in [6.07, 6.45) is 18.3. The normalized spacial score (nSPS) is 12.6. The van der Waals surface area contributed by atoms with Gasteiger partial charge in [0, 0.05) is 19.3 Å². The summed E-state index contributed by atoms with van der Waals surface area (Å²) >= 11 is 0. The molecule has 0 aromatic heterocycles. The Bertz CT molecular complexity index is 466. The van der Waals surface area contributed by atoms with Gasteiger partial charge in [0.15, 0.2) is 0 Å². The molecule has 4 nitrogen and oxygen atoms in total. The predicted octanol–water partition coefficient (Wildman–Crippen LogP) is 3.70. The third-order valence-electron chi connectivity index (χ3n) is 3.21. The van der Waals surface area contributed by atoms with E-state index in [0.29, 0.717) is 6.42 Å². The number of hydrogen-bond donors (Lipinski definition) is 2. The van der Waals surface area contributed by atoms with Crippen molar-refractivity contribution in [3.05, 3.63) is 36.5 Å². The first kappa shape index (κ1) is 23.2. The SMILES string of the molecule is CC/C=C\C/C=C\C/C=C\CC#CCCCCC(=O)OCC(O)CO. The summed E-state index contributed by atoms with van der Waals surface area (Å²) in [5.74, 6) is 5.84. The highest BCUT2D eigenvalue weighted by molar-refractivity contribution is 5.69. The molecule has 0 aliphatic rings. The largest absolute Gasteiger partial charge is 0.463 e. The summed E-state index contributed by atoms with van der Waals surface area (Å²) in [6, 6.07) is 0. The summed E-state index contributed by atoms with van der Waals surface area (Å²) < 4.78 is 4.81. The summed E-state index contributed by atoms with van der Waals surface area (Å²) in [5, 5.41) is 17.7. The summed E-state index contributed by atoms with van der Waals surface area (Å²) in [4.78, 5) is 11.3. The molecule has 0 bridgehead atoms. The van der Waals surface area contributed by atoms with Crippen molar-refractivity contribution in [2.24, 2.45) is 0 Å². The maximum Gasteiger partial charge on any atom is 0.305 e. The lowest BCUT2D eigenvalue weighted by atomic mass is 10.2. The van der Waals surface area contributed by atoms with E-state index in [0.717, 1.165) is 44.9 Å². The number of hydrogen-bond acceptors (Lipinski definition) is 4. The number of aliphatic hydroxyl groups excluding tert-OH is 2. The molecule has 0 heterocycles. The van der Waals surface area contributed by atoms with Crippen molar-refractivity contribution in [3.63, 3.8) is 0 Å². The van der Waals surface area contributed by atoms with E-state index in [4.69, 9.17) is 14.9 Å². The van der Waals surface area contributed by atoms with Crippen LogP contribution in [0.3, 0.4) is 0 Å². The number of rotatable bonds is 13. The smallest absolute Gasteiger partial charge is 0.305 e. The van der Waals surface area contributed by atoms with Gasteiger partial charge < -0.3 is 14.9 Å². The van der Waals surface area contributed by atoms with E-state index in [1.165, 1.54) is 0 Å². The molecule has 0 radical (unpaired) electrons. The molecular weight excluding hydrogens is 316 g/mol. The van der Waals surface area contributed by atoms with Crippen LogP contribution in [0, 0.1) is 11.8 Å². The van der Waals surface area contributed by atoms with E-state index < -0.39 is 12.7 Å². The van der Waals surface area contributed by atoms with E-state index in [1.807, 2.05) is 0 Å². The zero-order chi connectivity index (χ0) is 18.6. The van der Waals surface area contributed by atoms with Crippen molar-refractivity contribution in [1.82, 2.24) is 0 Å². The Hall–Kier alpha value is -1.83. The highest BCUT2D eigenvalue weighted by atomic mass is 16.5. The Morgan fingerprint density at radius 2 is 1.72 bits per heavy atom. The Labute approximate surface area is 152 Å². The molecule has 1 atom stereocenters. The van der Waals surface area contributed by atoms with E-state index in [9.17, 15) is 4.79 Å². The molecule has 0 aromatic carbocycles. The number of ether oxygens (including phenoxy) is 1. The van der Waals surface area contributed by atoms with Crippen LogP contribution in [0.25, 0.3) is 0 Å². The number of allylic oxidation sites excluding steroid dienone is 6. The monoisotopic (exact) mass is 348 g/mol. The van der Waals surface area contributed by atoms with Gasteiger partial charge in [0.05, 0.1) is 6.61 Å². The number of unbranched alkanes of at least 4 members (excludes halogenated alkanes) is 2. The van der Waals surface area contributed by atoms with Crippen molar-refractivity contribution in [2.75, 3.05) is 13.2 Å². The van der Waals surface area contributed by atoms with Crippen molar-refractivity contribution in [3.8, 4) is 11.8 Å². The molecule has 2 N–H and O–H groups in total. The van der Waals surface area contributed by atoms with Crippen LogP contribution >= 0.6 is 0 Å². The molecule has 0 saturated carbocycles. The number of aliphatic hydroxyl groups is 2. The Morgan fingerprint density at radius 1 is 1.04 bits per heavy atom. The minimum absolute atomic E-state index is 0.147. The third-order valence-corrected chi connectivity index (χ3v) is 3.21. The third kappa shape index (κ3) is 18.4. The van der Waals surface area contributed by atoms with Crippen molar-refractivity contribution < 1.29 is 19.7 Å². The molecule has 0 spiro atoms. The quantitative estimate of drug-likeness (QED) is 0.230. The average Bonchev–Trinajstić information content (AvgIpc) is 2.62. The van der Waals surface area contributed by atoms with Gasteiger partial charge in [0.1, 0.15) is 12.7 Å². The van der Waals surface area contributed by atoms with Gasteiger partial charge in [0.25, 0.3) is 0 Å². The van der Waals surface area contributed by atoms with Gasteiger partial charge >= 0.3 is 5.97 Å². The van der Waals surface area contributed by atoms with Crippen LogP contribution in [-0.4, -0.2) is 35.5 Å². The summed E-state index contributed by atoms with van der Waals surface area (Å²) in [5.41, 5.74) is 0. The van der Waals surface area contributed by atoms with Crippen LogP contribution in [0.2, 0.25) is 0 Å². The highest BCUT2D eigenvalue weighted by Gasteiger charge is 2.06. The van der Waals surface area contributed by atoms with Crippen LogP contribution in [-0.2, 0) is 9.53 Å². The van der Waals surface area contributed by atoms with Crippen LogP contribution in [0.5, 0.6) is 0 Å². The van der Waals surface area contributed by atoms with Crippen LogP contribution < -0.4 is 0 Å². The second-order valence-electron chi connectivity index (χ2n) is 5.58. The predicted molar refractivity (Wildman–Crippen MR) is 102 cm³/mol. The fraction of sp³-hybridized carbons (Fsp3) is 0.571. The Kier molecular flexibility index (Phi) is 17.2. The molecule has 1 unspecified atom stereocenters. The molecule has 0 fully saturated rings. The highest BCUT2D eigenvalue weighted by Crippen LogP contribution is 2.01. The van der Waals surface area contributed by atoms with E-state index in [1.54, 1.807) is 0 Å². The summed E-state index contributed by atoms with van der Waals surface area (Å²) in [7, 11) is 0. The van der Waals surface area contributed by atoms with Gasteiger partial charge in [-0.1, -0.05) is 49.3 Å². The van der Waals surface area contributed by atoms with Gasteiger partial charge in [-0.25, -0.2) is 0 Å². The fourth-order valence-electron chi connectivity index (χ4n) is 1.81. The molecular formula is C21H32O4. The second kappa shape index (κ2) is 18.5. The fourth-order valence-corrected chi connectivity index (χ4v) is 1.81. The van der Waals surface area contributed by atoms with Gasteiger partial charge in [0.2, 0.25) is 0 Å². The standard InChI is InChI=1S/C21H32O4/c1-2-3-4-5-6-7-8-9-10-11-12-13-14-15-16-17-21(24)25-19-20(23)18-22/h3-4,6-7,9-10,20,22-23H,2,5,8,11,14-19H2,1H3/b4-3-,7-6-,10-9-. The lowest BCUT2D eigenvalue weighted by Gasteiger charge is -2.07. The molecule has 0 aromatic rings. The topological polar surface area (TPSA) is 66.8 Å². The molecule has 0 aliphatic carbocycles. The maximum absolute atomic E-state index is 11.3. The maximum atomic E-state index is 11.3. The molecule has 25 heavy (non-hydrogen) atoms. The van der Waals surface area contributed by atoms with E-state index in [2.05, 4.69) is 55.2 Å². The number of carbonyl (C=O) groups excluding carboxylic acids is 1. The van der Waals surface area contributed by atoms with Crippen LogP contribution in [0.1, 0.15) is 58.3 Å². The minimum Gasteiger partial charge on any atom is -0.463 e. The van der Waals surface area contributed by atoms with Gasteiger partial charge in [-0.2, -0.15) is 0 Å². The Balaban J connectivity index is 3.51. The lowest BCUT2D eigenvalue weighted by Crippen LogP contribution is -2.21.